The van der Waals surface area contributed by atoms with Gasteiger partial charge in [0.2, 0.25) is 18.1 Å². The van der Waals surface area contributed by atoms with Crippen LogP contribution in [0.2, 0.25) is 0 Å². The van der Waals surface area contributed by atoms with Gasteiger partial charge in [0, 0.05) is 12.1 Å². The van der Waals surface area contributed by atoms with Crippen LogP contribution in [-0.2, 0) is 30.5 Å². The zero-order valence-electron chi connectivity index (χ0n) is 20.8. The number of benzene rings is 2. The maximum atomic E-state index is 13.1. The van der Waals surface area contributed by atoms with Gasteiger partial charge in [-0.25, -0.2) is 0 Å². The standard InChI is InChI=1S/C27H31N3O7/c1-17(28-24(32)19-10-12-20(35-2)13-11-19)26(34)30-14-6-9-22(30)25(33)29-21-15-23(31)37-27(21)36-16-18-7-4-3-5-8-18/h3-5,7-8,10-13,17,21-22,27H,6,9,14-16H2,1-2H3,(H,28,32)(H,29,33)/t17-,21?,22-,27?/m0/s1. The average molecular weight is 510 g/mol. The predicted molar refractivity (Wildman–Crippen MR) is 132 cm³/mol. The van der Waals surface area contributed by atoms with Crippen LogP contribution in [0.3, 0.4) is 0 Å². The molecule has 0 radical (unpaired) electrons. The Bertz CT molecular complexity index is 1120. The second-order valence-electron chi connectivity index (χ2n) is 9.09. The summed E-state index contributed by atoms with van der Waals surface area (Å²) in [7, 11) is 1.54. The Labute approximate surface area is 215 Å². The largest absolute Gasteiger partial charge is 0.497 e. The summed E-state index contributed by atoms with van der Waals surface area (Å²) in [6.45, 7) is 2.21. The Balaban J connectivity index is 1.33. The highest BCUT2D eigenvalue weighted by atomic mass is 16.7. The lowest BCUT2D eigenvalue weighted by molar-refractivity contribution is -0.168. The number of ether oxygens (including phenoxy) is 3. The molecule has 196 valence electrons. The summed E-state index contributed by atoms with van der Waals surface area (Å²) in [6.07, 6.45) is 0.204. The topological polar surface area (TPSA) is 123 Å². The Hall–Kier alpha value is -3.92. The van der Waals surface area contributed by atoms with Crippen LogP contribution in [0.5, 0.6) is 5.75 Å². The molecule has 2 aromatic carbocycles. The van der Waals surface area contributed by atoms with Gasteiger partial charge >= 0.3 is 5.97 Å². The molecule has 2 fully saturated rings. The van der Waals surface area contributed by atoms with Gasteiger partial charge in [-0.3, -0.25) is 19.2 Å². The third-order valence-electron chi connectivity index (χ3n) is 6.46. The molecule has 4 rings (SSSR count). The maximum Gasteiger partial charge on any atom is 0.310 e. The van der Waals surface area contributed by atoms with Gasteiger partial charge in [-0.15, -0.1) is 0 Å². The summed E-state index contributed by atoms with van der Waals surface area (Å²) in [5.74, 6) is -0.971. The van der Waals surface area contributed by atoms with E-state index in [-0.39, 0.29) is 24.8 Å². The number of likely N-dealkylation sites (tertiary alicyclic amines) is 1. The van der Waals surface area contributed by atoms with Crippen molar-refractivity contribution in [1.82, 2.24) is 15.5 Å². The lowest BCUT2D eigenvalue weighted by Gasteiger charge is -2.28. The van der Waals surface area contributed by atoms with Crippen molar-refractivity contribution in [2.24, 2.45) is 0 Å². The van der Waals surface area contributed by atoms with E-state index in [0.29, 0.717) is 30.7 Å². The second-order valence-corrected chi connectivity index (χ2v) is 9.09. The highest BCUT2D eigenvalue weighted by molar-refractivity contribution is 5.98. The number of amides is 3. The van der Waals surface area contributed by atoms with E-state index >= 15 is 0 Å². The van der Waals surface area contributed by atoms with E-state index in [4.69, 9.17) is 14.2 Å². The van der Waals surface area contributed by atoms with Crippen molar-refractivity contribution in [2.45, 2.75) is 57.2 Å². The molecule has 0 aromatic heterocycles. The van der Waals surface area contributed by atoms with Crippen molar-refractivity contribution in [3.05, 3.63) is 65.7 Å². The van der Waals surface area contributed by atoms with Gasteiger partial charge < -0.3 is 29.7 Å². The van der Waals surface area contributed by atoms with Crippen molar-refractivity contribution >= 4 is 23.7 Å². The molecule has 10 heteroatoms. The maximum absolute atomic E-state index is 13.1. The first kappa shape index (κ1) is 26.2. The van der Waals surface area contributed by atoms with Crippen LogP contribution in [0.4, 0.5) is 0 Å². The second kappa shape index (κ2) is 11.9. The third-order valence-corrected chi connectivity index (χ3v) is 6.46. The molecule has 2 heterocycles. The van der Waals surface area contributed by atoms with E-state index in [1.807, 2.05) is 30.3 Å². The minimum Gasteiger partial charge on any atom is -0.497 e. The van der Waals surface area contributed by atoms with E-state index in [1.54, 1.807) is 31.2 Å². The van der Waals surface area contributed by atoms with Crippen LogP contribution < -0.4 is 15.4 Å². The van der Waals surface area contributed by atoms with E-state index in [2.05, 4.69) is 10.6 Å². The summed E-state index contributed by atoms with van der Waals surface area (Å²) in [4.78, 5) is 52.3. The fourth-order valence-corrected chi connectivity index (χ4v) is 4.47. The van der Waals surface area contributed by atoms with Crippen LogP contribution in [0, 0.1) is 0 Å². The number of methoxy groups -OCH3 is 1. The van der Waals surface area contributed by atoms with Crippen molar-refractivity contribution in [1.29, 1.82) is 0 Å². The van der Waals surface area contributed by atoms with Gasteiger partial charge in [0.1, 0.15) is 23.9 Å². The minimum atomic E-state index is -0.912. The van der Waals surface area contributed by atoms with E-state index in [0.717, 1.165) is 5.56 Å². The van der Waals surface area contributed by atoms with Crippen LogP contribution in [-0.4, -0.2) is 66.7 Å². The monoisotopic (exact) mass is 509 g/mol. The Morgan fingerprint density at radius 3 is 2.54 bits per heavy atom. The molecule has 0 saturated carbocycles. The first-order valence-corrected chi connectivity index (χ1v) is 12.3. The minimum absolute atomic E-state index is 0.0137. The van der Waals surface area contributed by atoms with Crippen LogP contribution in [0.15, 0.2) is 54.6 Å². The number of esters is 1. The highest BCUT2D eigenvalue weighted by Crippen LogP contribution is 2.22. The molecule has 37 heavy (non-hydrogen) atoms. The Morgan fingerprint density at radius 2 is 1.84 bits per heavy atom. The number of rotatable bonds is 9. The smallest absolute Gasteiger partial charge is 0.310 e. The van der Waals surface area contributed by atoms with E-state index in [1.165, 1.54) is 12.0 Å². The molecule has 3 amide bonds. The summed E-state index contributed by atoms with van der Waals surface area (Å²) >= 11 is 0. The molecule has 2 unspecified atom stereocenters. The quantitative estimate of drug-likeness (QED) is 0.494. The number of nitrogens with one attached hydrogen (secondary N) is 2. The van der Waals surface area contributed by atoms with Gasteiger partial charge in [0.05, 0.1) is 20.1 Å². The zero-order valence-corrected chi connectivity index (χ0v) is 20.8. The molecule has 2 aromatic rings. The van der Waals surface area contributed by atoms with Crippen LogP contribution in [0.25, 0.3) is 0 Å². The third kappa shape index (κ3) is 6.45. The number of cyclic esters (lactones) is 1. The van der Waals surface area contributed by atoms with Crippen molar-refractivity contribution in [3.63, 3.8) is 0 Å². The molecule has 2 saturated heterocycles. The fraction of sp³-hybridized carbons (Fsp3) is 0.407. The molecule has 2 aliphatic rings. The highest BCUT2D eigenvalue weighted by Gasteiger charge is 2.41. The molecule has 0 spiro atoms. The summed E-state index contributed by atoms with van der Waals surface area (Å²) in [5.41, 5.74) is 1.30. The van der Waals surface area contributed by atoms with E-state index in [9.17, 15) is 19.2 Å². The normalized spacial score (nSPS) is 21.7. The lowest BCUT2D eigenvalue weighted by Crippen LogP contribution is -2.54. The zero-order chi connectivity index (χ0) is 26.4. The molecule has 10 nitrogen and oxygen atoms in total. The predicted octanol–water partition coefficient (Wildman–Crippen LogP) is 1.78. The number of carbonyl (C=O) groups excluding carboxylic acids is 4. The molecule has 2 aliphatic heterocycles. The van der Waals surface area contributed by atoms with E-state index < -0.39 is 36.3 Å². The Kier molecular flexibility index (Phi) is 8.39. The van der Waals surface area contributed by atoms with Gasteiger partial charge in [-0.1, -0.05) is 30.3 Å². The molecular weight excluding hydrogens is 478 g/mol. The van der Waals surface area contributed by atoms with Gasteiger partial charge in [-0.05, 0) is 49.6 Å². The van der Waals surface area contributed by atoms with Gasteiger partial charge in [0.15, 0.2) is 0 Å². The summed E-state index contributed by atoms with van der Waals surface area (Å²) in [6, 6.07) is 13.8. The van der Waals surface area contributed by atoms with Crippen molar-refractivity contribution in [2.75, 3.05) is 13.7 Å². The molecular formula is C27H31N3O7. The molecule has 4 atom stereocenters. The first-order valence-electron chi connectivity index (χ1n) is 12.3. The average Bonchev–Trinajstić information content (AvgIpc) is 3.54. The number of nitrogens with zero attached hydrogens (tertiary/aromatic N) is 1. The lowest BCUT2D eigenvalue weighted by atomic mass is 10.1. The number of carbonyl (C=O) groups is 4. The molecule has 2 N–H and O–H groups in total. The molecule has 0 bridgehead atoms. The van der Waals surface area contributed by atoms with Crippen molar-refractivity contribution in [3.8, 4) is 5.75 Å². The Morgan fingerprint density at radius 1 is 1.11 bits per heavy atom. The number of hydrogen-bond acceptors (Lipinski definition) is 7. The van der Waals surface area contributed by atoms with Gasteiger partial charge in [-0.2, -0.15) is 0 Å². The summed E-state index contributed by atoms with van der Waals surface area (Å²) < 4.78 is 16.1. The SMILES string of the molecule is COc1ccc(C(=O)N[C@@H](C)C(=O)N2CCC[C@H]2C(=O)NC2CC(=O)OC2OCc2ccccc2)cc1. The molecule has 0 aliphatic carbocycles. The van der Waals surface area contributed by atoms with Crippen molar-refractivity contribution < 1.29 is 33.4 Å². The van der Waals surface area contributed by atoms with Crippen LogP contribution in [0.1, 0.15) is 42.1 Å². The number of hydrogen-bond donors (Lipinski definition) is 2. The van der Waals surface area contributed by atoms with Crippen LogP contribution >= 0.6 is 0 Å². The fourth-order valence-electron chi connectivity index (χ4n) is 4.47. The van der Waals surface area contributed by atoms with Gasteiger partial charge in [0.25, 0.3) is 5.91 Å². The first-order chi connectivity index (χ1) is 17.9. The summed E-state index contributed by atoms with van der Waals surface area (Å²) in [5, 5.41) is 5.54.